The molecule has 0 aromatic heterocycles. The van der Waals surface area contributed by atoms with Crippen LogP contribution in [-0.2, 0) is 11.2 Å². The normalized spacial score (nSPS) is 19.7. The van der Waals surface area contributed by atoms with Crippen LogP contribution in [0.5, 0.6) is 0 Å². The minimum Gasteiger partial charge on any atom is -0.399 e. The zero-order valence-electron chi connectivity index (χ0n) is 13.7. The number of fused-ring (bicyclic) bond motifs is 1. The number of carbonyl (C=O) groups excluding carboxylic acids is 1. The van der Waals surface area contributed by atoms with Crippen molar-refractivity contribution in [2.45, 2.75) is 59.4 Å². The maximum atomic E-state index is 12.3. The van der Waals surface area contributed by atoms with E-state index in [4.69, 9.17) is 5.73 Å². The van der Waals surface area contributed by atoms with Crippen molar-refractivity contribution in [1.29, 1.82) is 0 Å². The Kier molecular flexibility index (Phi) is 4.60. The molecule has 2 unspecified atom stereocenters. The molecule has 0 radical (unpaired) electrons. The molecule has 21 heavy (non-hydrogen) atoms. The highest BCUT2D eigenvalue weighted by molar-refractivity contribution is 5.77. The van der Waals surface area contributed by atoms with E-state index >= 15 is 0 Å². The van der Waals surface area contributed by atoms with Crippen molar-refractivity contribution >= 4 is 11.6 Å². The van der Waals surface area contributed by atoms with Gasteiger partial charge in [0.2, 0.25) is 5.91 Å². The first-order valence-electron chi connectivity index (χ1n) is 7.95. The van der Waals surface area contributed by atoms with Crippen LogP contribution in [0.3, 0.4) is 0 Å². The third-order valence-corrected chi connectivity index (χ3v) is 4.79. The van der Waals surface area contributed by atoms with Gasteiger partial charge in [-0.25, -0.2) is 0 Å². The van der Waals surface area contributed by atoms with Crippen molar-refractivity contribution in [3.63, 3.8) is 0 Å². The van der Waals surface area contributed by atoms with Crippen molar-refractivity contribution in [2.75, 3.05) is 5.73 Å². The number of nitrogens with one attached hydrogen (secondary N) is 1. The third kappa shape index (κ3) is 3.99. The van der Waals surface area contributed by atoms with Crippen LogP contribution in [0.4, 0.5) is 5.69 Å². The number of hydrogen-bond donors (Lipinski definition) is 2. The van der Waals surface area contributed by atoms with Crippen LogP contribution in [0.2, 0.25) is 0 Å². The monoisotopic (exact) mass is 288 g/mol. The van der Waals surface area contributed by atoms with Crippen LogP contribution in [-0.4, -0.2) is 5.91 Å². The summed E-state index contributed by atoms with van der Waals surface area (Å²) in [4.78, 5) is 12.3. The van der Waals surface area contributed by atoms with Crippen LogP contribution in [0.1, 0.15) is 64.1 Å². The molecule has 0 aliphatic heterocycles. The first-order valence-corrected chi connectivity index (χ1v) is 7.95. The topological polar surface area (TPSA) is 55.1 Å². The Hall–Kier alpha value is -1.51. The molecule has 116 valence electrons. The molecule has 3 heteroatoms. The highest BCUT2D eigenvalue weighted by Crippen LogP contribution is 2.32. The van der Waals surface area contributed by atoms with E-state index in [1.165, 1.54) is 11.1 Å². The Morgan fingerprint density at radius 1 is 1.43 bits per heavy atom. The van der Waals surface area contributed by atoms with Gasteiger partial charge in [-0.1, -0.05) is 33.8 Å². The first kappa shape index (κ1) is 15.9. The van der Waals surface area contributed by atoms with Gasteiger partial charge in [-0.3, -0.25) is 4.79 Å². The molecule has 1 amide bonds. The number of aryl methyl sites for hydroxylation is 1. The van der Waals surface area contributed by atoms with Gasteiger partial charge < -0.3 is 11.1 Å². The Morgan fingerprint density at radius 2 is 2.14 bits per heavy atom. The van der Waals surface area contributed by atoms with Crippen molar-refractivity contribution in [3.05, 3.63) is 29.3 Å². The van der Waals surface area contributed by atoms with E-state index in [-0.39, 0.29) is 17.4 Å². The van der Waals surface area contributed by atoms with Gasteiger partial charge >= 0.3 is 0 Å². The molecule has 0 saturated carbocycles. The lowest BCUT2D eigenvalue weighted by Gasteiger charge is -2.30. The summed E-state index contributed by atoms with van der Waals surface area (Å²) in [5.41, 5.74) is 9.36. The van der Waals surface area contributed by atoms with Gasteiger partial charge in [-0.05, 0) is 53.9 Å². The Labute approximate surface area is 128 Å². The van der Waals surface area contributed by atoms with Gasteiger partial charge in [0.05, 0.1) is 6.04 Å². The van der Waals surface area contributed by atoms with E-state index in [1.807, 2.05) is 12.1 Å². The van der Waals surface area contributed by atoms with Crippen LogP contribution in [0.15, 0.2) is 18.2 Å². The number of benzene rings is 1. The summed E-state index contributed by atoms with van der Waals surface area (Å²) in [6.07, 6.45) is 3.78. The minimum absolute atomic E-state index is 0.147. The highest BCUT2D eigenvalue weighted by atomic mass is 16.1. The Morgan fingerprint density at radius 3 is 2.81 bits per heavy atom. The molecule has 0 fully saturated rings. The van der Waals surface area contributed by atoms with Crippen LogP contribution in [0, 0.1) is 11.3 Å². The molecule has 2 atom stereocenters. The molecule has 1 aromatic rings. The molecule has 1 aliphatic carbocycles. The van der Waals surface area contributed by atoms with Crippen molar-refractivity contribution in [3.8, 4) is 0 Å². The lowest BCUT2D eigenvalue weighted by molar-refractivity contribution is -0.123. The summed E-state index contributed by atoms with van der Waals surface area (Å²) in [6, 6.07) is 6.20. The molecule has 3 N–H and O–H groups in total. The molecular weight excluding hydrogens is 260 g/mol. The standard InChI is InChI=1S/C18H28N2O/c1-12(18(2,3)4)10-17(21)20-16-7-5-6-13-11-14(19)8-9-15(13)16/h8-9,11-12,16H,5-7,10,19H2,1-4H3,(H,20,21). The quantitative estimate of drug-likeness (QED) is 0.830. The second kappa shape index (κ2) is 6.08. The second-order valence-electron chi connectivity index (χ2n) is 7.44. The number of nitrogens with two attached hydrogens (primary N) is 1. The average molecular weight is 288 g/mol. The molecule has 0 spiro atoms. The average Bonchev–Trinajstić information content (AvgIpc) is 2.37. The van der Waals surface area contributed by atoms with Gasteiger partial charge in [0.15, 0.2) is 0 Å². The van der Waals surface area contributed by atoms with Gasteiger partial charge in [-0.2, -0.15) is 0 Å². The second-order valence-corrected chi connectivity index (χ2v) is 7.44. The van der Waals surface area contributed by atoms with Crippen LogP contribution >= 0.6 is 0 Å². The molecule has 1 aliphatic rings. The van der Waals surface area contributed by atoms with E-state index in [2.05, 4.69) is 39.1 Å². The molecule has 0 saturated heterocycles. The minimum atomic E-state index is 0.147. The van der Waals surface area contributed by atoms with Gasteiger partial charge in [0.25, 0.3) is 0 Å². The van der Waals surface area contributed by atoms with Gasteiger partial charge in [0, 0.05) is 12.1 Å². The Balaban J connectivity index is 2.03. The molecule has 1 aromatic carbocycles. The fraction of sp³-hybridized carbons (Fsp3) is 0.611. The number of anilines is 1. The molecule has 3 nitrogen and oxygen atoms in total. The predicted molar refractivity (Wildman–Crippen MR) is 87.9 cm³/mol. The Bertz CT molecular complexity index is 516. The van der Waals surface area contributed by atoms with E-state index in [0.717, 1.165) is 24.9 Å². The van der Waals surface area contributed by atoms with E-state index in [9.17, 15) is 4.79 Å². The summed E-state index contributed by atoms with van der Waals surface area (Å²) < 4.78 is 0. The number of hydrogen-bond acceptors (Lipinski definition) is 2. The number of amides is 1. The van der Waals surface area contributed by atoms with Crippen LogP contribution in [0.25, 0.3) is 0 Å². The van der Waals surface area contributed by atoms with Crippen molar-refractivity contribution in [1.82, 2.24) is 5.32 Å². The SMILES string of the molecule is CC(CC(=O)NC1CCCc2cc(N)ccc21)C(C)(C)C. The van der Waals surface area contributed by atoms with E-state index in [0.29, 0.717) is 12.3 Å². The lowest BCUT2D eigenvalue weighted by atomic mass is 9.80. The summed E-state index contributed by atoms with van der Waals surface area (Å²) in [6.45, 7) is 8.70. The third-order valence-electron chi connectivity index (χ3n) is 4.79. The molecule has 2 rings (SSSR count). The molecule has 0 heterocycles. The molecule has 0 bridgehead atoms. The number of nitrogen functional groups attached to an aromatic ring is 1. The largest absolute Gasteiger partial charge is 0.399 e. The number of rotatable bonds is 3. The first-order chi connectivity index (χ1) is 9.77. The summed E-state index contributed by atoms with van der Waals surface area (Å²) in [5.74, 6) is 0.527. The van der Waals surface area contributed by atoms with E-state index < -0.39 is 0 Å². The fourth-order valence-electron chi connectivity index (χ4n) is 2.82. The maximum absolute atomic E-state index is 12.3. The zero-order chi connectivity index (χ0) is 15.6. The summed E-state index contributed by atoms with van der Waals surface area (Å²) in [7, 11) is 0. The van der Waals surface area contributed by atoms with E-state index in [1.54, 1.807) is 0 Å². The predicted octanol–water partition coefficient (Wildman–Crippen LogP) is 3.83. The summed E-state index contributed by atoms with van der Waals surface area (Å²) >= 11 is 0. The highest BCUT2D eigenvalue weighted by Gasteiger charge is 2.26. The zero-order valence-corrected chi connectivity index (χ0v) is 13.7. The smallest absolute Gasteiger partial charge is 0.220 e. The summed E-state index contributed by atoms with van der Waals surface area (Å²) in [5, 5.41) is 3.22. The number of carbonyl (C=O) groups is 1. The van der Waals surface area contributed by atoms with Gasteiger partial charge in [-0.15, -0.1) is 0 Å². The molecular formula is C18H28N2O. The maximum Gasteiger partial charge on any atom is 0.220 e. The van der Waals surface area contributed by atoms with Crippen LogP contribution < -0.4 is 11.1 Å². The van der Waals surface area contributed by atoms with Crippen molar-refractivity contribution in [2.24, 2.45) is 11.3 Å². The lowest BCUT2D eigenvalue weighted by Crippen LogP contribution is -2.33. The van der Waals surface area contributed by atoms with Gasteiger partial charge in [0.1, 0.15) is 0 Å². The van der Waals surface area contributed by atoms with Crippen molar-refractivity contribution < 1.29 is 4.79 Å². The fourth-order valence-corrected chi connectivity index (χ4v) is 2.82.